The van der Waals surface area contributed by atoms with Crippen molar-refractivity contribution in [2.75, 3.05) is 30.8 Å². The van der Waals surface area contributed by atoms with Crippen LogP contribution in [0.2, 0.25) is 0 Å². The molecule has 6 atom stereocenters. The van der Waals surface area contributed by atoms with Crippen LogP contribution in [-0.4, -0.2) is 58.0 Å². The van der Waals surface area contributed by atoms with Crippen molar-refractivity contribution in [2.45, 2.75) is 36.9 Å². The minimum Gasteiger partial charge on any atom is -0.487 e. The molecule has 12 heteroatoms. The van der Waals surface area contributed by atoms with Crippen LogP contribution in [0.3, 0.4) is 0 Å². The Morgan fingerprint density at radius 2 is 1.81 bits per heavy atom. The van der Waals surface area contributed by atoms with E-state index in [0.29, 0.717) is 23.9 Å². The van der Waals surface area contributed by atoms with Gasteiger partial charge in [-0.05, 0) is 60.4 Å². The van der Waals surface area contributed by atoms with Crippen LogP contribution in [-0.2, 0) is 15.8 Å². The molecule has 0 saturated carbocycles. The van der Waals surface area contributed by atoms with Gasteiger partial charge < -0.3 is 21.1 Å². The van der Waals surface area contributed by atoms with E-state index in [-0.39, 0.29) is 36.2 Å². The highest BCUT2D eigenvalue weighted by Gasteiger charge is 2.31. The summed E-state index contributed by atoms with van der Waals surface area (Å²) in [5.41, 5.74) is 6.75. The molecule has 43 heavy (non-hydrogen) atoms. The third-order valence-electron chi connectivity index (χ3n) is 7.37. The molecule has 1 amide bonds. The molecule has 1 saturated heterocycles. The monoisotopic (exact) mass is 614 g/mol. The van der Waals surface area contributed by atoms with Crippen molar-refractivity contribution in [3.8, 4) is 17.6 Å². The Bertz CT molecular complexity index is 1540. The lowest BCUT2D eigenvalue weighted by atomic mass is 9.84. The summed E-state index contributed by atoms with van der Waals surface area (Å²) in [5.74, 6) is 1.51. The van der Waals surface area contributed by atoms with Crippen LogP contribution in [0.25, 0.3) is 0 Å². The van der Waals surface area contributed by atoms with Gasteiger partial charge in [0.2, 0.25) is 5.91 Å². The maximum atomic E-state index is 15.1. The number of anilines is 1. The summed E-state index contributed by atoms with van der Waals surface area (Å²) in [6, 6.07) is 9.95. The van der Waals surface area contributed by atoms with Crippen molar-refractivity contribution < 1.29 is 31.3 Å². The van der Waals surface area contributed by atoms with Gasteiger partial charge in [0.1, 0.15) is 24.1 Å². The highest BCUT2D eigenvalue weighted by atomic mass is 32.2. The number of carbonyl (C=O) groups excluding carboxylic acids is 1. The first-order chi connectivity index (χ1) is 20.7. The zero-order valence-electron chi connectivity index (χ0n) is 23.0. The predicted molar refractivity (Wildman–Crippen MR) is 155 cm³/mol. The summed E-state index contributed by atoms with van der Waals surface area (Å²) in [7, 11) is -1.30. The van der Waals surface area contributed by atoms with Gasteiger partial charge in [-0.15, -0.1) is 0 Å². The largest absolute Gasteiger partial charge is 0.487 e. The van der Waals surface area contributed by atoms with Crippen LogP contribution in [0, 0.1) is 35.1 Å². The molecular weight excluding hydrogens is 584 g/mol. The minimum atomic E-state index is -1.42. The quantitative estimate of drug-likeness (QED) is 0.265. The van der Waals surface area contributed by atoms with Crippen molar-refractivity contribution in [2.24, 2.45) is 5.73 Å². The number of nitrogens with two attached hydrogens (primary N) is 1. The predicted octanol–water partition coefficient (Wildman–Crippen LogP) is 3.82. The number of fused-ring (bicyclic) bond motifs is 6. The van der Waals surface area contributed by atoms with Gasteiger partial charge in [0.15, 0.2) is 11.6 Å². The lowest BCUT2D eigenvalue weighted by Gasteiger charge is -2.30. The zero-order chi connectivity index (χ0) is 30.5. The van der Waals surface area contributed by atoms with Gasteiger partial charge in [-0.2, -0.15) is 0 Å². The molecule has 1 fully saturated rings. The Morgan fingerprint density at radius 3 is 2.56 bits per heavy atom. The Morgan fingerprint density at radius 1 is 1.07 bits per heavy atom. The van der Waals surface area contributed by atoms with E-state index in [9.17, 15) is 22.2 Å². The van der Waals surface area contributed by atoms with Gasteiger partial charge in [0, 0.05) is 24.3 Å². The fraction of sp³-hybridized carbons (Fsp3) is 0.323. The summed E-state index contributed by atoms with van der Waals surface area (Å²) >= 11 is 0. The average molecular weight is 615 g/mol. The smallest absolute Gasteiger partial charge is 0.242 e. The molecule has 0 aromatic heterocycles. The molecule has 4 N–H and O–H groups in total. The van der Waals surface area contributed by atoms with Crippen molar-refractivity contribution >= 4 is 22.6 Å². The molecule has 226 valence electrons. The fourth-order valence-electron chi connectivity index (χ4n) is 5.22. The Hall–Kier alpha value is -3.76. The molecule has 3 aromatic carbocycles. The molecule has 2 bridgehead atoms. The van der Waals surface area contributed by atoms with Crippen LogP contribution in [0.5, 0.6) is 5.75 Å². The Kier molecular flexibility index (Phi) is 9.77. The SMILES string of the molecule is N[C@H](C(=O)Nc1cccc(F)c1OCC1CNC2C#CCN1S(=O)CCC2)[C@@H](c1ccc(F)cc1)c1cc(F)cc(F)c1. The number of para-hydroxylation sites is 1. The molecular formula is C31H30F4N4O3S. The standard InChI is InChI=1S/C31H30F4N4O3S/c32-21-10-8-19(9-11-21)28(20-14-22(33)16-23(34)15-20)29(36)31(40)38-27-7-1-6-26(35)30(27)42-18-25-17-37-24-4-2-12-39(25)43(41)13-3-5-24/h1,6-11,14-16,24-25,28-29,37H,3,5,12-13,17-18,36H2,(H,38,40)/t24?,25?,28-,29-,43?/m0/s1. The second-order valence-electron chi connectivity index (χ2n) is 10.4. The Labute approximate surface area is 249 Å². The van der Waals surface area contributed by atoms with E-state index < -0.39 is 58.2 Å². The number of carbonyl (C=O) groups is 1. The van der Waals surface area contributed by atoms with Gasteiger partial charge in [0.25, 0.3) is 0 Å². The third-order valence-corrected chi connectivity index (χ3v) is 8.96. The summed E-state index contributed by atoms with van der Waals surface area (Å²) in [4.78, 5) is 13.5. The number of rotatable bonds is 8. The van der Waals surface area contributed by atoms with Crippen LogP contribution >= 0.6 is 0 Å². The first kappa shape index (κ1) is 30.7. The van der Waals surface area contributed by atoms with Crippen LogP contribution in [0.4, 0.5) is 23.2 Å². The minimum absolute atomic E-state index is 0.0165. The zero-order valence-corrected chi connectivity index (χ0v) is 23.8. The highest BCUT2D eigenvalue weighted by molar-refractivity contribution is 7.82. The topological polar surface area (TPSA) is 96.7 Å². The number of nitrogens with one attached hydrogen (secondary N) is 2. The van der Waals surface area contributed by atoms with Gasteiger partial charge in [0.05, 0.1) is 41.3 Å². The number of halogens is 4. The molecule has 0 spiro atoms. The number of benzene rings is 3. The molecule has 0 radical (unpaired) electrons. The number of nitrogens with zero attached hydrogens (tertiary/aromatic N) is 1. The van der Waals surface area contributed by atoms with Crippen LogP contribution < -0.4 is 21.1 Å². The van der Waals surface area contributed by atoms with Gasteiger partial charge in [-0.25, -0.2) is 26.1 Å². The van der Waals surface area contributed by atoms with Gasteiger partial charge in [-0.3, -0.25) is 4.79 Å². The van der Waals surface area contributed by atoms with Gasteiger partial charge >= 0.3 is 0 Å². The van der Waals surface area contributed by atoms with E-state index in [0.717, 1.165) is 37.1 Å². The molecule has 0 aliphatic carbocycles. The first-order valence-electron chi connectivity index (χ1n) is 13.8. The van der Waals surface area contributed by atoms with Crippen LogP contribution in [0.15, 0.2) is 60.7 Å². The highest BCUT2D eigenvalue weighted by Crippen LogP contribution is 2.32. The molecule has 3 aromatic rings. The van der Waals surface area contributed by atoms with E-state index in [1.165, 1.54) is 30.3 Å². The molecule has 3 aliphatic rings. The van der Waals surface area contributed by atoms with Crippen molar-refractivity contribution in [3.63, 3.8) is 0 Å². The van der Waals surface area contributed by atoms with E-state index in [1.807, 2.05) is 0 Å². The number of hydrogen-bond donors (Lipinski definition) is 3. The first-order valence-corrected chi connectivity index (χ1v) is 15.0. The average Bonchev–Trinajstić information content (AvgIpc) is 3.08. The third kappa shape index (κ3) is 7.43. The van der Waals surface area contributed by atoms with Crippen molar-refractivity contribution in [1.29, 1.82) is 0 Å². The summed E-state index contributed by atoms with van der Waals surface area (Å²) in [5, 5.41) is 5.93. The molecule has 3 aliphatic heterocycles. The van der Waals surface area contributed by atoms with Crippen molar-refractivity contribution in [3.05, 3.63) is 95.1 Å². The molecule has 3 heterocycles. The second-order valence-corrected chi connectivity index (χ2v) is 11.9. The molecule has 4 unspecified atom stereocenters. The fourth-order valence-corrected chi connectivity index (χ4v) is 6.55. The molecule has 6 rings (SSSR count). The normalized spacial score (nSPS) is 23.0. The van der Waals surface area contributed by atoms with Gasteiger partial charge in [-0.1, -0.05) is 30.0 Å². The van der Waals surface area contributed by atoms with E-state index in [4.69, 9.17) is 10.5 Å². The second kappa shape index (κ2) is 13.7. The number of ether oxygens (including phenoxy) is 1. The van der Waals surface area contributed by atoms with E-state index >= 15 is 4.39 Å². The lowest BCUT2D eigenvalue weighted by Crippen LogP contribution is -2.49. The maximum absolute atomic E-state index is 15.1. The van der Waals surface area contributed by atoms with Crippen LogP contribution in [0.1, 0.15) is 29.9 Å². The Balaban J connectivity index is 1.38. The number of hydrogen-bond acceptors (Lipinski definition) is 5. The lowest BCUT2D eigenvalue weighted by molar-refractivity contribution is -0.117. The molecule has 7 nitrogen and oxygen atoms in total. The summed E-state index contributed by atoms with van der Waals surface area (Å²) in [6.07, 6.45) is 1.51. The maximum Gasteiger partial charge on any atom is 0.242 e. The van der Waals surface area contributed by atoms with E-state index in [1.54, 1.807) is 4.31 Å². The summed E-state index contributed by atoms with van der Waals surface area (Å²) in [6.45, 7) is 0.638. The van der Waals surface area contributed by atoms with E-state index in [2.05, 4.69) is 22.5 Å². The summed E-state index contributed by atoms with van der Waals surface area (Å²) < 4.78 is 77.6. The number of amides is 1. The van der Waals surface area contributed by atoms with Crippen molar-refractivity contribution in [1.82, 2.24) is 9.62 Å².